The predicted molar refractivity (Wildman–Crippen MR) is 112 cm³/mol. The van der Waals surface area contributed by atoms with Gasteiger partial charge in [0, 0.05) is 18.8 Å². The van der Waals surface area contributed by atoms with E-state index in [2.05, 4.69) is 37.9 Å². The van der Waals surface area contributed by atoms with Crippen molar-refractivity contribution >= 4 is 17.7 Å². The van der Waals surface area contributed by atoms with Crippen molar-refractivity contribution in [3.63, 3.8) is 0 Å². The quantitative estimate of drug-likeness (QED) is 0.440. The van der Waals surface area contributed by atoms with Crippen molar-refractivity contribution in [1.29, 1.82) is 5.26 Å². The van der Waals surface area contributed by atoms with Crippen molar-refractivity contribution in [1.82, 2.24) is 14.8 Å². The smallest absolute Gasteiger partial charge is 0.232 e. The van der Waals surface area contributed by atoms with Crippen molar-refractivity contribution in [3.8, 4) is 17.5 Å². The molecule has 0 amide bonds. The summed E-state index contributed by atoms with van der Waals surface area (Å²) in [6.45, 7) is 3.53. The Labute approximate surface area is 173 Å². The van der Waals surface area contributed by atoms with Gasteiger partial charge in [0.25, 0.3) is 0 Å². The highest BCUT2D eigenvalue weighted by Crippen LogP contribution is 2.27. The third-order valence-corrected chi connectivity index (χ3v) is 5.38. The van der Waals surface area contributed by atoms with Crippen LogP contribution in [0.5, 0.6) is 5.75 Å². The van der Waals surface area contributed by atoms with E-state index in [1.807, 2.05) is 30.3 Å². The van der Waals surface area contributed by atoms with Gasteiger partial charge in [0.1, 0.15) is 5.75 Å². The van der Waals surface area contributed by atoms with E-state index in [1.165, 1.54) is 0 Å². The Morgan fingerprint density at radius 3 is 2.52 bits per heavy atom. The lowest BCUT2D eigenvalue weighted by Crippen LogP contribution is -2.37. The summed E-state index contributed by atoms with van der Waals surface area (Å²) >= 11 is 1.61. The molecule has 3 aromatic rings. The van der Waals surface area contributed by atoms with Crippen LogP contribution in [0.1, 0.15) is 5.56 Å². The molecule has 7 nitrogen and oxygen atoms in total. The first kappa shape index (κ1) is 19.3. The predicted octanol–water partition coefficient (Wildman–Crippen LogP) is 3.15. The van der Waals surface area contributed by atoms with E-state index < -0.39 is 0 Å². The third-order valence-electron chi connectivity index (χ3n) is 4.49. The van der Waals surface area contributed by atoms with Crippen LogP contribution in [0, 0.1) is 11.3 Å². The molecule has 0 atom stereocenters. The second-order valence-corrected chi connectivity index (χ2v) is 7.45. The molecule has 0 aliphatic carbocycles. The van der Waals surface area contributed by atoms with E-state index in [-0.39, 0.29) is 0 Å². The van der Waals surface area contributed by atoms with Gasteiger partial charge in [-0.1, -0.05) is 30.0 Å². The second kappa shape index (κ2) is 9.45. The number of ether oxygens (including phenoxy) is 2. The molecule has 0 N–H and O–H groups in total. The molecule has 0 bridgehead atoms. The van der Waals surface area contributed by atoms with Gasteiger partial charge in [-0.05, 0) is 36.4 Å². The lowest BCUT2D eigenvalue weighted by atomic mass is 10.2. The number of rotatable bonds is 7. The Kier molecular flexibility index (Phi) is 6.29. The average Bonchev–Trinajstić information content (AvgIpc) is 3.22. The van der Waals surface area contributed by atoms with Gasteiger partial charge in [-0.3, -0.25) is 4.57 Å². The summed E-state index contributed by atoms with van der Waals surface area (Å²) in [6, 6.07) is 19.4. The number of benzene rings is 2. The summed E-state index contributed by atoms with van der Waals surface area (Å²) in [6.07, 6.45) is 0. The fourth-order valence-corrected chi connectivity index (χ4v) is 3.81. The number of para-hydroxylation sites is 1. The lowest BCUT2D eigenvalue weighted by Gasteiger charge is -2.27. The molecule has 0 radical (unpaired) electrons. The van der Waals surface area contributed by atoms with Crippen LogP contribution in [0.3, 0.4) is 0 Å². The number of hydrogen-bond donors (Lipinski definition) is 0. The topological polar surface area (TPSA) is 76.2 Å². The summed E-state index contributed by atoms with van der Waals surface area (Å²) in [5, 5.41) is 18.6. The van der Waals surface area contributed by atoms with Crippen molar-refractivity contribution in [2.75, 3.05) is 43.6 Å². The Balaban J connectivity index is 1.45. The molecule has 148 valence electrons. The van der Waals surface area contributed by atoms with E-state index in [9.17, 15) is 0 Å². The molecule has 0 spiro atoms. The van der Waals surface area contributed by atoms with Gasteiger partial charge in [0.2, 0.25) is 5.95 Å². The van der Waals surface area contributed by atoms with Crippen LogP contribution in [-0.4, -0.2) is 53.4 Å². The van der Waals surface area contributed by atoms with Crippen LogP contribution in [0.15, 0.2) is 59.8 Å². The lowest BCUT2D eigenvalue weighted by molar-refractivity contribution is 0.122. The Morgan fingerprint density at radius 2 is 1.79 bits per heavy atom. The number of morpholine rings is 1. The molecular formula is C21H21N5O2S. The monoisotopic (exact) mass is 407 g/mol. The number of nitrogens with zero attached hydrogens (tertiary/aromatic N) is 5. The number of nitriles is 1. The fourth-order valence-electron chi connectivity index (χ4n) is 3.05. The first-order valence-electron chi connectivity index (χ1n) is 9.44. The number of thioether (sulfide) groups is 1. The van der Waals surface area contributed by atoms with Crippen LogP contribution in [0.2, 0.25) is 0 Å². The van der Waals surface area contributed by atoms with Crippen molar-refractivity contribution in [2.24, 2.45) is 0 Å². The molecule has 0 saturated carbocycles. The average molecular weight is 407 g/mol. The fraction of sp³-hybridized carbons (Fsp3) is 0.286. The highest BCUT2D eigenvalue weighted by Gasteiger charge is 2.21. The molecule has 2 heterocycles. The number of anilines is 1. The number of hydrogen-bond acceptors (Lipinski definition) is 7. The molecule has 29 heavy (non-hydrogen) atoms. The zero-order chi connectivity index (χ0) is 19.9. The minimum absolute atomic E-state index is 0.533. The molecule has 1 aliphatic rings. The molecular weight excluding hydrogens is 386 g/mol. The maximum absolute atomic E-state index is 8.87. The maximum atomic E-state index is 8.87. The van der Waals surface area contributed by atoms with Crippen LogP contribution < -0.4 is 9.64 Å². The first-order chi connectivity index (χ1) is 14.3. The molecule has 1 saturated heterocycles. The van der Waals surface area contributed by atoms with Crippen LogP contribution in [0.4, 0.5) is 5.95 Å². The third kappa shape index (κ3) is 4.70. The van der Waals surface area contributed by atoms with Gasteiger partial charge in [0.15, 0.2) is 5.16 Å². The zero-order valence-corrected chi connectivity index (χ0v) is 16.7. The summed E-state index contributed by atoms with van der Waals surface area (Å²) in [5.41, 5.74) is 1.66. The molecule has 4 rings (SSSR count). The highest BCUT2D eigenvalue weighted by atomic mass is 32.2. The minimum Gasteiger partial charge on any atom is -0.493 e. The standard InChI is InChI=1S/C21H21N5O2S/c22-16-17-6-8-19(9-7-17)28-14-15-29-21-24-23-20(25-10-12-27-13-11-25)26(21)18-4-2-1-3-5-18/h1-9H,10-15H2. The van der Waals surface area contributed by atoms with Gasteiger partial charge in [-0.15, -0.1) is 10.2 Å². The summed E-state index contributed by atoms with van der Waals surface area (Å²) < 4.78 is 13.3. The largest absolute Gasteiger partial charge is 0.493 e. The summed E-state index contributed by atoms with van der Waals surface area (Å²) in [4.78, 5) is 2.21. The normalized spacial score (nSPS) is 13.8. The van der Waals surface area contributed by atoms with E-state index in [0.717, 1.165) is 41.4 Å². The molecule has 1 fully saturated rings. The Morgan fingerprint density at radius 1 is 1.03 bits per heavy atom. The van der Waals surface area contributed by atoms with Gasteiger partial charge in [-0.2, -0.15) is 5.26 Å². The highest BCUT2D eigenvalue weighted by molar-refractivity contribution is 7.99. The Hall–Kier alpha value is -3.02. The second-order valence-electron chi connectivity index (χ2n) is 6.39. The van der Waals surface area contributed by atoms with Crippen molar-refractivity contribution in [2.45, 2.75) is 5.16 Å². The zero-order valence-electron chi connectivity index (χ0n) is 15.9. The van der Waals surface area contributed by atoms with Gasteiger partial charge in [-0.25, -0.2) is 0 Å². The van der Waals surface area contributed by atoms with E-state index in [4.69, 9.17) is 14.7 Å². The first-order valence-corrected chi connectivity index (χ1v) is 10.4. The Bertz CT molecular complexity index is 963. The molecule has 8 heteroatoms. The van der Waals surface area contributed by atoms with Crippen LogP contribution in [-0.2, 0) is 4.74 Å². The number of aromatic nitrogens is 3. The van der Waals surface area contributed by atoms with E-state index >= 15 is 0 Å². The summed E-state index contributed by atoms with van der Waals surface area (Å²) in [5.74, 6) is 2.33. The van der Waals surface area contributed by atoms with Gasteiger partial charge >= 0.3 is 0 Å². The van der Waals surface area contributed by atoms with Crippen molar-refractivity contribution < 1.29 is 9.47 Å². The molecule has 2 aromatic carbocycles. The minimum atomic E-state index is 0.533. The maximum Gasteiger partial charge on any atom is 0.232 e. The van der Waals surface area contributed by atoms with Gasteiger partial charge in [0.05, 0.1) is 37.1 Å². The molecule has 1 aromatic heterocycles. The SMILES string of the molecule is N#Cc1ccc(OCCSc2nnc(N3CCOCC3)n2-c2ccccc2)cc1. The molecule has 1 aliphatic heterocycles. The van der Waals surface area contributed by atoms with E-state index in [0.29, 0.717) is 25.4 Å². The molecule has 0 unspecified atom stereocenters. The van der Waals surface area contributed by atoms with Crippen LogP contribution >= 0.6 is 11.8 Å². The summed E-state index contributed by atoms with van der Waals surface area (Å²) in [7, 11) is 0. The van der Waals surface area contributed by atoms with Crippen molar-refractivity contribution in [3.05, 3.63) is 60.2 Å². The van der Waals surface area contributed by atoms with Crippen LogP contribution in [0.25, 0.3) is 5.69 Å². The van der Waals surface area contributed by atoms with E-state index in [1.54, 1.807) is 23.9 Å². The van der Waals surface area contributed by atoms with Gasteiger partial charge < -0.3 is 14.4 Å².